The normalized spacial score (nSPS) is 12.6. The summed E-state index contributed by atoms with van der Waals surface area (Å²) < 4.78 is 29.5. The van der Waals surface area contributed by atoms with Crippen molar-refractivity contribution < 1.29 is 18.0 Å². The number of nitrogens with zero attached hydrogens (tertiary/aromatic N) is 2. The number of carbonyl (C=O) groups excluding carboxylic acids is 2. The molecule has 0 radical (unpaired) electrons. The SMILES string of the molecule is CC[C@@H](C)NC(=O)[C@H](Cc1ccccc1)N(Cc1cccc(C)c1)C(=O)CN(c1cccc(C)c1)S(=O)(=O)c1ccc(C)cc1. The van der Waals surface area contributed by atoms with Crippen LogP contribution in [0.2, 0.25) is 0 Å². The van der Waals surface area contributed by atoms with Crippen LogP contribution in [0.15, 0.2) is 108 Å². The zero-order valence-electron chi connectivity index (χ0n) is 26.7. The van der Waals surface area contributed by atoms with Gasteiger partial charge in [-0.3, -0.25) is 13.9 Å². The lowest BCUT2D eigenvalue weighted by atomic mass is 10.0. The van der Waals surface area contributed by atoms with Crippen molar-refractivity contribution in [3.05, 3.63) is 131 Å². The lowest BCUT2D eigenvalue weighted by Gasteiger charge is -2.34. The van der Waals surface area contributed by atoms with Gasteiger partial charge in [0.25, 0.3) is 10.0 Å². The molecule has 0 heterocycles. The molecule has 0 aliphatic rings. The minimum atomic E-state index is -4.14. The molecule has 45 heavy (non-hydrogen) atoms. The van der Waals surface area contributed by atoms with Crippen LogP contribution in [-0.2, 0) is 32.6 Å². The Labute approximate surface area is 268 Å². The summed E-state index contributed by atoms with van der Waals surface area (Å²) in [5.41, 5.74) is 4.92. The third-order valence-corrected chi connectivity index (χ3v) is 9.67. The first-order chi connectivity index (χ1) is 21.5. The van der Waals surface area contributed by atoms with Gasteiger partial charge in [0.1, 0.15) is 12.6 Å². The molecule has 0 aliphatic heterocycles. The highest BCUT2D eigenvalue weighted by Crippen LogP contribution is 2.26. The van der Waals surface area contributed by atoms with Crippen molar-refractivity contribution >= 4 is 27.5 Å². The maximum Gasteiger partial charge on any atom is 0.264 e. The fraction of sp³-hybridized carbons (Fsp3) is 0.297. The second-order valence-electron chi connectivity index (χ2n) is 11.7. The Morgan fingerprint density at radius 1 is 0.756 bits per heavy atom. The molecule has 0 bridgehead atoms. The van der Waals surface area contributed by atoms with Crippen molar-refractivity contribution in [3.8, 4) is 0 Å². The number of nitrogens with one attached hydrogen (secondary N) is 1. The van der Waals surface area contributed by atoms with Crippen LogP contribution < -0.4 is 9.62 Å². The first-order valence-corrected chi connectivity index (χ1v) is 16.8. The van der Waals surface area contributed by atoms with E-state index in [-0.39, 0.29) is 29.8 Å². The van der Waals surface area contributed by atoms with Crippen molar-refractivity contribution in [1.82, 2.24) is 10.2 Å². The zero-order valence-corrected chi connectivity index (χ0v) is 27.6. The summed E-state index contributed by atoms with van der Waals surface area (Å²) in [7, 11) is -4.14. The van der Waals surface area contributed by atoms with Crippen LogP contribution in [0.1, 0.15) is 48.1 Å². The highest BCUT2D eigenvalue weighted by atomic mass is 32.2. The van der Waals surface area contributed by atoms with E-state index in [0.717, 1.165) is 38.5 Å². The van der Waals surface area contributed by atoms with E-state index in [9.17, 15) is 18.0 Å². The number of carbonyl (C=O) groups is 2. The summed E-state index contributed by atoms with van der Waals surface area (Å²) in [5, 5.41) is 3.07. The number of anilines is 1. The summed E-state index contributed by atoms with van der Waals surface area (Å²) in [4.78, 5) is 30.1. The van der Waals surface area contributed by atoms with Crippen LogP contribution in [0, 0.1) is 20.8 Å². The van der Waals surface area contributed by atoms with Gasteiger partial charge in [-0.1, -0.05) is 96.9 Å². The van der Waals surface area contributed by atoms with Gasteiger partial charge < -0.3 is 10.2 Å². The summed E-state index contributed by atoms with van der Waals surface area (Å²) >= 11 is 0. The van der Waals surface area contributed by atoms with Crippen LogP contribution in [0.25, 0.3) is 0 Å². The minimum absolute atomic E-state index is 0.0861. The van der Waals surface area contributed by atoms with Crippen molar-refractivity contribution in [2.24, 2.45) is 0 Å². The number of hydrogen-bond acceptors (Lipinski definition) is 4. The molecule has 8 heteroatoms. The summed E-state index contributed by atoms with van der Waals surface area (Å²) in [6, 6.07) is 30.1. The molecule has 0 saturated heterocycles. The molecule has 0 fully saturated rings. The van der Waals surface area contributed by atoms with E-state index >= 15 is 0 Å². The largest absolute Gasteiger partial charge is 0.352 e. The number of rotatable bonds is 13. The molecule has 7 nitrogen and oxygen atoms in total. The van der Waals surface area contributed by atoms with Crippen LogP contribution in [0.3, 0.4) is 0 Å². The van der Waals surface area contributed by atoms with Crippen molar-refractivity contribution in [1.29, 1.82) is 0 Å². The number of hydrogen-bond donors (Lipinski definition) is 1. The summed E-state index contributed by atoms with van der Waals surface area (Å²) in [6.45, 7) is 9.31. The maximum atomic E-state index is 14.6. The molecule has 0 aliphatic carbocycles. The molecule has 0 aromatic heterocycles. The van der Waals surface area contributed by atoms with Gasteiger partial charge in [0.15, 0.2) is 0 Å². The van der Waals surface area contributed by atoms with Crippen LogP contribution >= 0.6 is 0 Å². The molecule has 236 valence electrons. The maximum absolute atomic E-state index is 14.6. The van der Waals surface area contributed by atoms with Crippen molar-refractivity contribution in [2.75, 3.05) is 10.8 Å². The summed E-state index contributed by atoms with van der Waals surface area (Å²) in [6.07, 6.45) is 1.00. The quantitative estimate of drug-likeness (QED) is 0.187. The van der Waals surface area contributed by atoms with E-state index in [4.69, 9.17) is 0 Å². The van der Waals surface area contributed by atoms with E-state index in [0.29, 0.717) is 5.69 Å². The molecule has 1 N–H and O–H groups in total. The van der Waals surface area contributed by atoms with E-state index in [2.05, 4.69) is 5.32 Å². The van der Waals surface area contributed by atoms with Gasteiger partial charge in [0.2, 0.25) is 11.8 Å². The van der Waals surface area contributed by atoms with Crippen LogP contribution in [0.4, 0.5) is 5.69 Å². The lowest BCUT2D eigenvalue weighted by Crippen LogP contribution is -2.54. The van der Waals surface area contributed by atoms with Crippen molar-refractivity contribution in [2.45, 2.75) is 71.0 Å². The minimum Gasteiger partial charge on any atom is -0.352 e. The first-order valence-electron chi connectivity index (χ1n) is 15.3. The Balaban J connectivity index is 1.81. The Morgan fingerprint density at radius 3 is 2.00 bits per heavy atom. The Bertz CT molecular complexity index is 1710. The van der Waals surface area contributed by atoms with E-state index in [1.165, 1.54) is 4.90 Å². The summed E-state index contributed by atoms with van der Waals surface area (Å²) in [5.74, 6) is -0.758. The predicted octanol–water partition coefficient (Wildman–Crippen LogP) is 6.36. The van der Waals surface area contributed by atoms with Crippen LogP contribution in [0.5, 0.6) is 0 Å². The molecule has 2 amide bonds. The third kappa shape index (κ3) is 8.82. The topological polar surface area (TPSA) is 86.8 Å². The number of benzene rings is 4. The highest BCUT2D eigenvalue weighted by molar-refractivity contribution is 7.92. The van der Waals surface area contributed by atoms with Gasteiger partial charge in [-0.15, -0.1) is 0 Å². The number of sulfonamides is 1. The van der Waals surface area contributed by atoms with Gasteiger partial charge in [0, 0.05) is 19.0 Å². The predicted molar refractivity (Wildman–Crippen MR) is 180 cm³/mol. The average Bonchev–Trinajstić information content (AvgIpc) is 3.02. The third-order valence-electron chi connectivity index (χ3n) is 7.89. The molecule has 4 rings (SSSR count). The molecular formula is C37H43N3O4S. The number of aryl methyl sites for hydroxylation is 3. The van der Waals surface area contributed by atoms with E-state index < -0.39 is 28.5 Å². The van der Waals surface area contributed by atoms with Gasteiger partial charge in [-0.25, -0.2) is 8.42 Å². The second-order valence-corrected chi connectivity index (χ2v) is 13.6. The molecule has 0 spiro atoms. The fourth-order valence-corrected chi connectivity index (χ4v) is 6.56. The average molecular weight is 626 g/mol. The highest BCUT2D eigenvalue weighted by Gasteiger charge is 2.35. The molecule has 4 aromatic rings. The Hall–Kier alpha value is -4.43. The molecule has 2 atom stereocenters. The fourth-order valence-electron chi connectivity index (χ4n) is 5.15. The van der Waals surface area contributed by atoms with Crippen LogP contribution in [-0.4, -0.2) is 43.8 Å². The zero-order chi connectivity index (χ0) is 32.6. The molecule has 4 aromatic carbocycles. The lowest BCUT2D eigenvalue weighted by molar-refractivity contribution is -0.140. The standard InChI is InChI=1S/C37H43N3O4S/c1-6-30(5)38-37(42)35(24-31-14-8-7-9-15-31)39(25-32-16-10-12-28(3)22-32)36(41)26-40(33-17-11-13-29(4)23-33)45(43,44)34-20-18-27(2)19-21-34/h7-23,30,35H,6,24-26H2,1-5H3,(H,38,42)/t30-,35+/m1/s1. The van der Waals surface area contributed by atoms with Gasteiger partial charge in [-0.05, 0) is 75.1 Å². The van der Waals surface area contributed by atoms with Gasteiger partial charge in [-0.2, -0.15) is 0 Å². The molecule has 0 unspecified atom stereocenters. The Morgan fingerprint density at radius 2 is 1.38 bits per heavy atom. The molecule has 0 saturated carbocycles. The van der Waals surface area contributed by atoms with E-state index in [1.54, 1.807) is 42.5 Å². The van der Waals surface area contributed by atoms with Gasteiger partial charge in [0.05, 0.1) is 10.6 Å². The Kier molecular flexibility index (Phi) is 11.2. The number of amides is 2. The molecular weight excluding hydrogens is 582 g/mol. The second kappa shape index (κ2) is 15.0. The smallest absolute Gasteiger partial charge is 0.264 e. The van der Waals surface area contributed by atoms with E-state index in [1.807, 2.05) is 95.3 Å². The first kappa shape index (κ1) is 33.5. The van der Waals surface area contributed by atoms with Gasteiger partial charge >= 0.3 is 0 Å². The van der Waals surface area contributed by atoms with Crippen molar-refractivity contribution in [3.63, 3.8) is 0 Å². The monoisotopic (exact) mass is 625 g/mol.